The zero-order valence-corrected chi connectivity index (χ0v) is 54.6. The maximum Gasteiger partial charge on any atom is 0.403 e. The lowest BCUT2D eigenvalue weighted by Gasteiger charge is -2.39. The fourth-order valence-corrected chi connectivity index (χ4v) is 11.4. The number of carbonyl (C=O) groups excluding carboxylic acids is 6. The molecule has 6 rings (SSSR count). The Hall–Kier alpha value is -6.13. The standard InChI is InChI=1S/C35H49NO6.C19H38N2O4.C15H11ClO2/c1-10-23(4)33(30(40-9)20-32(38)42-35(5,6)7)36(8)34(39)28(22(2)3)19-31(37)41-21-29-26-17-13-11-15-24(26)25-16-12-14-18-27(25)29;1-10-13(4)17(21(8)18(23)16(20)12(2)3)14(24-9)11-15(22)25-19(5,6)7;16-15(17)18-9-14-12-7-3-1-5-10(12)11-6-2-4-8-13(11)14/h11-18,22-23,28-30,33H,10,19-21H2,1-9H3;12-14,16-17H,10-11,20H2,1-9H3;1-8,14H,9H2/t23-,28-,30+,33-;13-,14+,16-,17-;/m00./s1. The summed E-state index contributed by atoms with van der Waals surface area (Å²) in [5.41, 5.74) is 13.6. The summed E-state index contributed by atoms with van der Waals surface area (Å²) in [6.45, 7) is 27.4. The SMILES string of the molecule is CC[C@H](C)[C@@H]([C@@H](CC(=O)OC(C)(C)C)OC)N(C)C(=O)[C@@H](CC(=O)OCC1c2ccccc2-c2ccccc21)C(C)C.CC[C@H](C)[C@@H]([C@@H](CC(=O)OC(C)(C)C)OC)N(C)C(=O)[C@@H](N)C(C)C.O=C(Cl)OCC1c2ccccc2-c2ccccc21. The largest absolute Gasteiger partial charge is 0.465 e. The summed E-state index contributed by atoms with van der Waals surface area (Å²) in [6.07, 6.45) is 0.747. The minimum Gasteiger partial charge on any atom is -0.465 e. The number of amides is 2. The Bertz CT molecular complexity index is 2750. The second kappa shape index (κ2) is 32.6. The van der Waals surface area contributed by atoms with E-state index in [0.717, 1.165) is 24.0 Å². The monoisotopic (exact) mass is 1200 g/mol. The molecule has 0 fully saturated rings. The number of nitrogens with two attached hydrogens (primary N) is 1. The van der Waals surface area contributed by atoms with Gasteiger partial charge in [0.15, 0.2) is 0 Å². The molecule has 0 saturated heterocycles. The molecule has 0 aromatic heterocycles. The van der Waals surface area contributed by atoms with Gasteiger partial charge < -0.3 is 44.0 Å². The Morgan fingerprint density at radius 2 is 0.835 bits per heavy atom. The molecule has 0 bridgehead atoms. The molecule has 0 saturated carbocycles. The molecule has 85 heavy (non-hydrogen) atoms. The van der Waals surface area contributed by atoms with E-state index in [4.69, 9.17) is 45.8 Å². The third-order valence-corrected chi connectivity index (χ3v) is 16.3. The average molecular weight is 1200 g/mol. The van der Waals surface area contributed by atoms with E-state index >= 15 is 0 Å². The van der Waals surface area contributed by atoms with Crippen molar-refractivity contribution in [1.82, 2.24) is 9.80 Å². The van der Waals surface area contributed by atoms with Gasteiger partial charge >= 0.3 is 23.3 Å². The Balaban J connectivity index is 0.000000303. The first-order valence-corrected chi connectivity index (χ1v) is 30.4. The molecule has 468 valence electrons. The van der Waals surface area contributed by atoms with Gasteiger partial charge in [-0.2, -0.15) is 0 Å². The second-order valence-corrected chi connectivity index (χ2v) is 25.6. The van der Waals surface area contributed by atoms with Gasteiger partial charge in [0.25, 0.3) is 0 Å². The normalized spacial score (nSPS) is 15.5. The van der Waals surface area contributed by atoms with Crippen LogP contribution in [0.5, 0.6) is 0 Å². The third kappa shape index (κ3) is 20.0. The van der Waals surface area contributed by atoms with Crippen molar-refractivity contribution in [1.29, 1.82) is 0 Å². The first-order valence-electron chi connectivity index (χ1n) is 30.0. The maximum atomic E-state index is 14.0. The number of carbonyl (C=O) groups is 6. The van der Waals surface area contributed by atoms with Crippen LogP contribution in [0.1, 0.15) is 163 Å². The molecule has 0 spiro atoms. The van der Waals surface area contributed by atoms with Gasteiger partial charge in [-0.05, 0) is 110 Å². The topological polar surface area (TPSA) is 190 Å². The number of nitrogens with zero attached hydrogens (tertiary/aromatic N) is 2. The molecule has 2 aliphatic rings. The van der Waals surface area contributed by atoms with Gasteiger partial charge in [0.05, 0.1) is 55.5 Å². The highest BCUT2D eigenvalue weighted by molar-refractivity contribution is 6.61. The van der Waals surface area contributed by atoms with E-state index in [9.17, 15) is 28.8 Å². The number of benzene rings is 4. The lowest BCUT2D eigenvalue weighted by atomic mass is 9.87. The molecule has 2 amide bonds. The van der Waals surface area contributed by atoms with Crippen molar-refractivity contribution in [3.63, 3.8) is 0 Å². The number of hydrogen-bond donors (Lipinski definition) is 1. The van der Waals surface area contributed by atoms with Crippen LogP contribution in [0.3, 0.4) is 0 Å². The Morgan fingerprint density at radius 1 is 0.506 bits per heavy atom. The average Bonchev–Trinajstić information content (AvgIpc) is 2.68. The maximum absolute atomic E-state index is 14.0. The fraction of sp³-hybridized carbons (Fsp3) is 0.565. The van der Waals surface area contributed by atoms with E-state index in [1.165, 1.54) is 33.4 Å². The Kier molecular flexibility index (Phi) is 27.3. The lowest BCUT2D eigenvalue weighted by molar-refractivity contribution is -0.162. The zero-order valence-electron chi connectivity index (χ0n) is 53.9. The van der Waals surface area contributed by atoms with Crippen LogP contribution in [-0.4, -0.2) is 128 Å². The summed E-state index contributed by atoms with van der Waals surface area (Å²) in [7, 11) is 6.60. The molecular formula is C69H98ClN3O12. The van der Waals surface area contributed by atoms with E-state index in [1.807, 2.05) is 132 Å². The minimum absolute atomic E-state index is 0.0200. The van der Waals surface area contributed by atoms with Crippen LogP contribution in [0, 0.1) is 29.6 Å². The Labute approximate surface area is 512 Å². The molecule has 2 aliphatic carbocycles. The van der Waals surface area contributed by atoms with Crippen LogP contribution in [0.4, 0.5) is 4.79 Å². The van der Waals surface area contributed by atoms with Gasteiger partial charge in [-0.25, -0.2) is 4.79 Å². The molecule has 15 nitrogen and oxygen atoms in total. The van der Waals surface area contributed by atoms with Gasteiger partial charge in [0, 0.05) is 51.8 Å². The summed E-state index contributed by atoms with van der Waals surface area (Å²) in [4.78, 5) is 78.9. The van der Waals surface area contributed by atoms with Gasteiger partial charge in [0.1, 0.15) is 24.4 Å². The number of hydrogen-bond acceptors (Lipinski definition) is 13. The molecule has 0 aliphatic heterocycles. The zero-order chi connectivity index (χ0) is 63.7. The van der Waals surface area contributed by atoms with Crippen LogP contribution < -0.4 is 5.73 Å². The molecule has 2 N–H and O–H groups in total. The molecule has 0 radical (unpaired) electrons. The first kappa shape index (κ1) is 71.4. The predicted octanol–water partition coefficient (Wildman–Crippen LogP) is 13.4. The van der Waals surface area contributed by atoms with Crippen molar-refractivity contribution in [2.75, 3.05) is 41.5 Å². The van der Waals surface area contributed by atoms with E-state index < -0.39 is 46.8 Å². The summed E-state index contributed by atoms with van der Waals surface area (Å²) in [5.74, 6) is -1.77. The van der Waals surface area contributed by atoms with Gasteiger partial charge in [-0.15, -0.1) is 0 Å². The number of esters is 3. The van der Waals surface area contributed by atoms with Crippen LogP contribution in [0.2, 0.25) is 0 Å². The fourth-order valence-electron chi connectivity index (χ4n) is 11.4. The van der Waals surface area contributed by atoms with Gasteiger partial charge in [0.2, 0.25) is 11.8 Å². The first-order chi connectivity index (χ1) is 39.9. The van der Waals surface area contributed by atoms with Crippen LogP contribution >= 0.6 is 11.6 Å². The van der Waals surface area contributed by atoms with Crippen molar-refractivity contribution in [3.8, 4) is 22.3 Å². The Morgan fingerprint density at radius 3 is 1.13 bits per heavy atom. The number of likely N-dealkylation sites (N-methyl/N-ethyl adjacent to an activating group) is 2. The smallest absolute Gasteiger partial charge is 0.403 e. The van der Waals surface area contributed by atoms with Crippen molar-refractivity contribution in [3.05, 3.63) is 119 Å². The van der Waals surface area contributed by atoms with Crippen molar-refractivity contribution in [2.45, 2.75) is 182 Å². The molecule has 8 atom stereocenters. The number of rotatable bonds is 24. The van der Waals surface area contributed by atoms with Crippen LogP contribution in [0.25, 0.3) is 22.3 Å². The summed E-state index contributed by atoms with van der Waals surface area (Å²) in [5, 5.41) is 0. The molecule has 0 unspecified atom stereocenters. The highest BCUT2D eigenvalue weighted by Gasteiger charge is 2.40. The molecule has 16 heteroatoms. The number of methoxy groups -OCH3 is 2. The van der Waals surface area contributed by atoms with E-state index in [1.54, 1.807) is 38.1 Å². The summed E-state index contributed by atoms with van der Waals surface area (Å²) < 4.78 is 33.1. The molecular weight excluding hydrogens is 1100 g/mol. The molecule has 4 aromatic rings. The lowest BCUT2D eigenvalue weighted by Crippen LogP contribution is -2.55. The van der Waals surface area contributed by atoms with Crippen molar-refractivity contribution < 1.29 is 57.2 Å². The third-order valence-electron chi connectivity index (χ3n) is 16.2. The molecule has 0 heterocycles. The van der Waals surface area contributed by atoms with Crippen LogP contribution in [0.15, 0.2) is 97.1 Å². The predicted molar refractivity (Wildman–Crippen MR) is 336 cm³/mol. The van der Waals surface area contributed by atoms with Crippen LogP contribution in [-0.2, 0) is 52.4 Å². The summed E-state index contributed by atoms with van der Waals surface area (Å²) >= 11 is 5.25. The van der Waals surface area contributed by atoms with Crippen molar-refractivity contribution in [2.24, 2.45) is 35.3 Å². The number of ether oxygens (including phenoxy) is 6. The van der Waals surface area contributed by atoms with E-state index in [-0.39, 0.29) is 104 Å². The quantitative estimate of drug-likeness (QED) is 0.0396. The van der Waals surface area contributed by atoms with E-state index in [0.29, 0.717) is 0 Å². The highest BCUT2D eigenvalue weighted by atomic mass is 35.5. The minimum atomic E-state index is -0.753. The van der Waals surface area contributed by atoms with E-state index in [2.05, 4.69) is 62.4 Å². The number of fused-ring (bicyclic) bond motifs is 6. The van der Waals surface area contributed by atoms with Gasteiger partial charge in [-0.1, -0.05) is 165 Å². The second-order valence-electron chi connectivity index (χ2n) is 25.3. The molecule has 4 aromatic carbocycles. The van der Waals surface area contributed by atoms with Crippen molar-refractivity contribution >= 4 is 46.8 Å². The van der Waals surface area contributed by atoms with Gasteiger partial charge in [-0.3, -0.25) is 24.0 Å². The summed E-state index contributed by atoms with van der Waals surface area (Å²) in [6, 6.07) is 31.6. The highest BCUT2D eigenvalue weighted by Crippen LogP contribution is 2.46. The number of halogens is 1.